The van der Waals surface area contributed by atoms with Crippen LogP contribution in [0.2, 0.25) is 0 Å². The Hall–Kier alpha value is -4.45. The van der Waals surface area contributed by atoms with E-state index >= 15 is 0 Å². The Bertz CT molecular complexity index is 1380. The highest BCUT2D eigenvalue weighted by Crippen LogP contribution is 2.28. The monoisotopic (exact) mass is 522 g/mol. The number of rotatable bonds is 9. The largest absolute Gasteiger partial charge is 0.497 e. The van der Waals surface area contributed by atoms with Gasteiger partial charge < -0.3 is 15.4 Å². The minimum atomic E-state index is -0.568. The van der Waals surface area contributed by atoms with Crippen molar-refractivity contribution in [1.82, 2.24) is 20.1 Å². The molecule has 4 rings (SSSR count). The van der Waals surface area contributed by atoms with Gasteiger partial charge in [-0.3, -0.25) is 14.7 Å². The number of hydrogen-bond donors (Lipinski definition) is 2. The highest BCUT2D eigenvalue weighted by molar-refractivity contribution is 7.98. The van der Waals surface area contributed by atoms with E-state index in [-0.39, 0.29) is 11.5 Å². The van der Waals surface area contributed by atoms with Crippen LogP contribution in [0.1, 0.15) is 24.4 Å². The van der Waals surface area contributed by atoms with Gasteiger partial charge in [-0.2, -0.15) is 0 Å². The smallest absolute Gasteiger partial charge is 0.319 e. The van der Waals surface area contributed by atoms with Crippen LogP contribution in [0.15, 0.2) is 78.0 Å². The number of nitro benzene ring substituents is 1. The average Bonchev–Trinajstić information content (AvgIpc) is 3.33. The van der Waals surface area contributed by atoms with Crippen molar-refractivity contribution in [1.29, 1.82) is 0 Å². The third-order valence-corrected chi connectivity index (χ3v) is 6.34. The number of aromatic nitrogens is 3. The zero-order valence-corrected chi connectivity index (χ0v) is 20.7. The zero-order valence-electron chi connectivity index (χ0n) is 19.9. The van der Waals surface area contributed by atoms with Crippen molar-refractivity contribution in [2.75, 3.05) is 12.4 Å². The number of carbonyl (C=O) groups is 1. The standard InChI is InChI=1S/C25H23FN6O4S/c1-16(27-24(33)28-19-7-13-22(36-2)14-8-19)23-29-30-25(37-15-17-3-5-18(26)6-4-17)31(23)20-9-11-21(12-10-20)32(34)35/h3-14,16H,15H2,1-2H3,(H2,27,28,33). The lowest BCUT2D eigenvalue weighted by Gasteiger charge is -2.17. The molecule has 0 fully saturated rings. The van der Waals surface area contributed by atoms with Gasteiger partial charge >= 0.3 is 6.03 Å². The fourth-order valence-electron chi connectivity index (χ4n) is 3.45. The van der Waals surface area contributed by atoms with Crippen LogP contribution in [0, 0.1) is 15.9 Å². The molecule has 0 radical (unpaired) electrons. The SMILES string of the molecule is COc1ccc(NC(=O)NC(C)c2nnc(SCc3ccc(F)cc3)n2-c2ccc([N+](=O)[O-])cc2)cc1. The lowest BCUT2D eigenvalue weighted by molar-refractivity contribution is -0.384. The van der Waals surface area contributed by atoms with Crippen molar-refractivity contribution in [2.45, 2.75) is 23.9 Å². The van der Waals surface area contributed by atoms with E-state index in [0.29, 0.717) is 33.9 Å². The number of urea groups is 1. The molecule has 10 nitrogen and oxygen atoms in total. The van der Waals surface area contributed by atoms with E-state index in [4.69, 9.17) is 4.74 Å². The molecular formula is C25H23FN6O4S. The maximum absolute atomic E-state index is 13.3. The molecule has 0 aliphatic carbocycles. The molecule has 12 heteroatoms. The highest BCUT2D eigenvalue weighted by Gasteiger charge is 2.22. The van der Waals surface area contributed by atoms with Gasteiger partial charge in [0.15, 0.2) is 11.0 Å². The lowest BCUT2D eigenvalue weighted by Crippen LogP contribution is -2.32. The van der Waals surface area contributed by atoms with E-state index in [9.17, 15) is 19.3 Å². The van der Waals surface area contributed by atoms with Crippen LogP contribution in [0.3, 0.4) is 0 Å². The molecule has 2 N–H and O–H groups in total. The summed E-state index contributed by atoms with van der Waals surface area (Å²) in [5.41, 5.74) is 2.01. The van der Waals surface area contributed by atoms with Crippen molar-refractivity contribution in [3.63, 3.8) is 0 Å². The van der Waals surface area contributed by atoms with Crippen LogP contribution in [0.4, 0.5) is 20.6 Å². The number of non-ortho nitro benzene ring substituents is 1. The van der Waals surface area contributed by atoms with E-state index in [1.807, 2.05) is 0 Å². The van der Waals surface area contributed by atoms with Gasteiger partial charge in [-0.05, 0) is 61.0 Å². The molecule has 0 aliphatic rings. The lowest BCUT2D eigenvalue weighted by atomic mass is 10.2. The Labute approximate surface area is 216 Å². The second-order valence-corrected chi connectivity index (χ2v) is 8.86. The molecule has 1 heterocycles. The van der Waals surface area contributed by atoms with E-state index < -0.39 is 17.0 Å². The first-order chi connectivity index (χ1) is 17.8. The molecule has 1 unspecified atom stereocenters. The van der Waals surface area contributed by atoms with Crippen molar-refractivity contribution < 1.29 is 18.8 Å². The van der Waals surface area contributed by atoms with Crippen molar-refractivity contribution in [3.05, 3.63) is 100 Å². The summed E-state index contributed by atoms with van der Waals surface area (Å²) in [5, 5.41) is 25.8. The van der Waals surface area contributed by atoms with E-state index in [2.05, 4.69) is 20.8 Å². The second kappa shape index (κ2) is 11.5. The average molecular weight is 523 g/mol. The molecule has 37 heavy (non-hydrogen) atoms. The Morgan fingerprint density at radius 3 is 2.38 bits per heavy atom. The molecule has 0 saturated heterocycles. The number of halogens is 1. The summed E-state index contributed by atoms with van der Waals surface area (Å²) in [7, 11) is 1.56. The van der Waals surface area contributed by atoms with Crippen LogP contribution in [0.5, 0.6) is 5.75 Å². The number of thioether (sulfide) groups is 1. The van der Waals surface area contributed by atoms with E-state index in [1.54, 1.807) is 67.1 Å². The van der Waals surface area contributed by atoms with Gasteiger partial charge in [-0.25, -0.2) is 9.18 Å². The molecule has 0 aliphatic heterocycles. The molecule has 1 atom stereocenters. The third kappa shape index (κ3) is 6.41. The Morgan fingerprint density at radius 1 is 1.08 bits per heavy atom. The fraction of sp³-hybridized carbons (Fsp3) is 0.160. The Kier molecular flexibility index (Phi) is 7.98. The van der Waals surface area contributed by atoms with Crippen LogP contribution in [0.25, 0.3) is 5.69 Å². The third-order valence-electron chi connectivity index (χ3n) is 5.34. The minimum absolute atomic E-state index is 0.0519. The van der Waals surface area contributed by atoms with Gasteiger partial charge in [0.2, 0.25) is 0 Å². The van der Waals surface area contributed by atoms with Crippen LogP contribution < -0.4 is 15.4 Å². The Morgan fingerprint density at radius 2 is 1.76 bits per heavy atom. The summed E-state index contributed by atoms with van der Waals surface area (Å²) in [6.07, 6.45) is 0. The molecule has 4 aromatic rings. The van der Waals surface area contributed by atoms with Gasteiger partial charge in [0.1, 0.15) is 11.6 Å². The number of benzene rings is 3. The molecule has 1 aromatic heterocycles. The molecule has 2 amide bonds. The molecule has 0 spiro atoms. The quantitative estimate of drug-likeness (QED) is 0.169. The second-order valence-electron chi connectivity index (χ2n) is 7.91. The molecule has 0 saturated carbocycles. The molecule has 0 bridgehead atoms. The van der Waals surface area contributed by atoms with Crippen molar-refractivity contribution >= 4 is 29.2 Å². The zero-order chi connectivity index (χ0) is 26.4. The maximum Gasteiger partial charge on any atom is 0.319 e. The number of methoxy groups -OCH3 is 1. The fourth-order valence-corrected chi connectivity index (χ4v) is 4.37. The summed E-state index contributed by atoms with van der Waals surface area (Å²) in [6.45, 7) is 1.76. The Balaban J connectivity index is 1.56. The van der Waals surface area contributed by atoms with E-state index in [0.717, 1.165) is 5.56 Å². The van der Waals surface area contributed by atoms with Crippen LogP contribution in [-0.4, -0.2) is 32.8 Å². The van der Waals surface area contributed by atoms with Gasteiger partial charge in [-0.1, -0.05) is 23.9 Å². The van der Waals surface area contributed by atoms with Gasteiger partial charge in [0.05, 0.1) is 18.1 Å². The van der Waals surface area contributed by atoms with E-state index in [1.165, 1.54) is 36.0 Å². The summed E-state index contributed by atoms with van der Waals surface area (Å²) >= 11 is 1.37. The minimum Gasteiger partial charge on any atom is -0.497 e. The number of nitrogens with one attached hydrogen (secondary N) is 2. The van der Waals surface area contributed by atoms with Crippen molar-refractivity contribution in [3.8, 4) is 11.4 Å². The first kappa shape index (κ1) is 25.6. The van der Waals surface area contributed by atoms with Crippen molar-refractivity contribution in [2.24, 2.45) is 0 Å². The predicted molar refractivity (Wildman–Crippen MR) is 138 cm³/mol. The predicted octanol–water partition coefficient (Wildman–Crippen LogP) is 5.50. The highest BCUT2D eigenvalue weighted by atomic mass is 32.2. The number of ether oxygens (including phenoxy) is 1. The summed E-state index contributed by atoms with van der Waals surface area (Å²) in [5.74, 6) is 1.27. The number of nitrogens with zero attached hydrogens (tertiary/aromatic N) is 4. The number of amides is 2. The van der Waals surface area contributed by atoms with Gasteiger partial charge in [0.25, 0.3) is 5.69 Å². The first-order valence-electron chi connectivity index (χ1n) is 11.1. The van der Waals surface area contributed by atoms with Crippen LogP contribution in [-0.2, 0) is 5.75 Å². The van der Waals surface area contributed by atoms with Gasteiger partial charge in [-0.15, -0.1) is 10.2 Å². The maximum atomic E-state index is 13.3. The molecule has 3 aromatic carbocycles. The summed E-state index contributed by atoms with van der Waals surface area (Å²) < 4.78 is 20.1. The number of carbonyl (C=O) groups excluding carboxylic acids is 1. The number of hydrogen-bond acceptors (Lipinski definition) is 7. The number of anilines is 1. The van der Waals surface area contributed by atoms with Gasteiger partial charge in [0, 0.05) is 29.3 Å². The summed E-state index contributed by atoms with van der Waals surface area (Å²) in [6, 6.07) is 18.0. The molecule has 190 valence electrons. The topological polar surface area (TPSA) is 124 Å². The summed E-state index contributed by atoms with van der Waals surface area (Å²) in [4.78, 5) is 23.3. The normalized spacial score (nSPS) is 11.5. The number of nitro groups is 1. The first-order valence-corrected chi connectivity index (χ1v) is 12.1. The molecular weight excluding hydrogens is 499 g/mol. The van der Waals surface area contributed by atoms with Crippen LogP contribution >= 0.6 is 11.8 Å².